The molecule has 278 valence electrons. The number of rotatable bonds is 14. The first-order valence-electron chi connectivity index (χ1n) is 18.4. The number of nitrogens with one attached hydrogen (secondary N) is 4. The number of likely N-dealkylation sites (N-methyl/N-ethyl adjacent to an activating group) is 1. The van der Waals surface area contributed by atoms with Gasteiger partial charge in [0.2, 0.25) is 27.6 Å². The summed E-state index contributed by atoms with van der Waals surface area (Å²) in [4.78, 5) is 69.5. The van der Waals surface area contributed by atoms with E-state index in [1.54, 1.807) is 11.8 Å². The molecule has 2 aliphatic carbocycles. The van der Waals surface area contributed by atoms with Crippen LogP contribution in [0.5, 0.6) is 0 Å². The van der Waals surface area contributed by atoms with Crippen LogP contribution in [0.2, 0.25) is 0 Å². The Labute approximate surface area is 292 Å². The molecule has 2 saturated carbocycles. The summed E-state index contributed by atoms with van der Waals surface area (Å²) in [7, 11) is -3.38. The standard InChI is InChI=1S/C35H60N6O7S/c1-8-10-17-24(29(42)31(44)36-9-2)37-30(43)28-26-23(35(26,6)7)20-41(28)32(45)27(22-15-12-11-13-16-22)39-33(46)38-25(34(3,4)5)21-40-18-14-19-49(40,47)48/h22-28H,8-21H2,1-7H3,(H,36,44)(H,37,43)(H2,38,39,46)/t23-,24?,25+,26-,27-,28-/m0/s1. The number of carbonyl (C=O) groups is 5. The quantitative estimate of drug-likeness (QED) is 0.201. The lowest BCUT2D eigenvalue weighted by Gasteiger charge is -2.38. The summed E-state index contributed by atoms with van der Waals surface area (Å²) < 4.78 is 26.6. The van der Waals surface area contributed by atoms with E-state index in [-0.39, 0.29) is 41.4 Å². The van der Waals surface area contributed by atoms with Gasteiger partial charge in [-0.3, -0.25) is 19.2 Å². The molecule has 4 fully saturated rings. The molecule has 0 bridgehead atoms. The topological polar surface area (TPSA) is 174 Å². The second-order valence-corrected chi connectivity index (χ2v) is 18.3. The highest BCUT2D eigenvalue weighted by molar-refractivity contribution is 7.89. The van der Waals surface area contributed by atoms with Crippen LogP contribution in [-0.2, 0) is 29.2 Å². The van der Waals surface area contributed by atoms with Crippen LogP contribution in [-0.4, -0.2) is 103 Å². The summed E-state index contributed by atoms with van der Waals surface area (Å²) in [5.74, 6) is -2.25. The van der Waals surface area contributed by atoms with Crippen LogP contribution in [0.25, 0.3) is 0 Å². The second-order valence-electron chi connectivity index (χ2n) is 16.3. The molecule has 2 aliphatic heterocycles. The number of piperidine rings is 1. The molecule has 0 spiro atoms. The van der Waals surface area contributed by atoms with E-state index in [0.717, 1.165) is 38.5 Å². The van der Waals surface area contributed by atoms with Crippen molar-refractivity contribution in [2.24, 2.45) is 28.6 Å². The molecule has 0 aromatic rings. The van der Waals surface area contributed by atoms with Gasteiger partial charge in [0, 0.05) is 32.2 Å². The maximum absolute atomic E-state index is 14.6. The Morgan fingerprint density at radius 3 is 2.18 bits per heavy atom. The van der Waals surface area contributed by atoms with Gasteiger partial charge in [-0.2, -0.15) is 4.31 Å². The Balaban J connectivity index is 1.56. The molecule has 1 unspecified atom stereocenters. The lowest BCUT2D eigenvalue weighted by atomic mass is 9.83. The first-order chi connectivity index (χ1) is 22.9. The SMILES string of the molecule is CCCCC(NC(=O)[C@@H]1[C@@H]2[C@H](CN1C(=O)[C@@H](NC(=O)N[C@H](CN1CCCS1(=O)=O)C(C)(C)C)C1CCCCC1)C2(C)C)C(=O)C(=O)NCC. The smallest absolute Gasteiger partial charge is 0.315 e. The van der Waals surface area contributed by atoms with Crippen LogP contribution in [0.3, 0.4) is 0 Å². The predicted octanol–water partition coefficient (Wildman–Crippen LogP) is 2.55. The van der Waals surface area contributed by atoms with Crippen molar-refractivity contribution in [1.82, 2.24) is 30.5 Å². The summed E-state index contributed by atoms with van der Waals surface area (Å²) >= 11 is 0. The molecule has 2 heterocycles. The monoisotopic (exact) mass is 708 g/mol. The fraction of sp³-hybridized carbons (Fsp3) is 0.857. The molecule has 0 radical (unpaired) electrons. The van der Waals surface area contributed by atoms with Gasteiger partial charge in [0.25, 0.3) is 5.91 Å². The molecule has 6 atom stereocenters. The summed E-state index contributed by atoms with van der Waals surface area (Å²) in [5, 5.41) is 11.4. The van der Waals surface area contributed by atoms with Crippen LogP contribution in [0.4, 0.5) is 4.79 Å². The van der Waals surface area contributed by atoms with Crippen molar-refractivity contribution in [2.45, 2.75) is 130 Å². The van der Waals surface area contributed by atoms with E-state index in [9.17, 15) is 32.4 Å². The molecule has 0 aromatic heterocycles. The van der Waals surface area contributed by atoms with Gasteiger partial charge < -0.3 is 26.2 Å². The number of hydrogen-bond donors (Lipinski definition) is 4. The number of hydrogen-bond acceptors (Lipinski definition) is 7. The van der Waals surface area contributed by atoms with Gasteiger partial charge in [-0.15, -0.1) is 0 Å². The van der Waals surface area contributed by atoms with Crippen molar-refractivity contribution in [2.75, 3.05) is 31.9 Å². The highest BCUT2D eigenvalue weighted by Crippen LogP contribution is 2.65. The summed E-state index contributed by atoms with van der Waals surface area (Å²) in [6, 6.07) is -3.76. The summed E-state index contributed by atoms with van der Waals surface area (Å²) in [6.45, 7) is 14.9. The van der Waals surface area contributed by atoms with Gasteiger partial charge in [-0.25, -0.2) is 13.2 Å². The highest BCUT2D eigenvalue weighted by atomic mass is 32.2. The van der Waals surface area contributed by atoms with E-state index >= 15 is 0 Å². The molecule has 4 aliphatic rings. The van der Waals surface area contributed by atoms with Crippen LogP contribution in [0.15, 0.2) is 0 Å². The third-order valence-electron chi connectivity index (χ3n) is 11.4. The van der Waals surface area contributed by atoms with E-state index in [1.165, 1.54) is 4.31 Å². The van der Waals surface area contributed by atoms with Crippen molar-refractivity contribution >= 4 is 39.6 Å². The maximum atomic E-state index is 14.6. The summed E-state index contributed by atoms with van der Waals surface area (Å²) in [5.41, 5.74) is -0.646. The second kappa shape index (κ2) is 15.7. The third kappa shape index (κ3) is 8.95. The minimum absolute atomic E-state index is 0.0916. The molecular formula is C35H60N6O7S. The molecule has 49 heavy (non-hydrogen) atoms. The summed E-state index contributed by atoms with van der Waals surface area (Å²) in [6.07, 6.45) is 6.71. The zero-order valence-electron chi connectivity index (χ0n) is 30.6. The van der Waals surface area contributed by atoms with E-state index in [0.29, 0.717) is 38.9 Å². The predicted molar refractivity (Wildman–Crippen MR) is 187 cm³/mol. The average Bonchev–Trinajstić information content (AvgIpc) is 3.32. The number of Topliss-reactive ketones (excluding diaryl/α,β-unsaturated/α-hetero) is 1. The van der Waals surface area contributed by atoms with E-state index in [2.05, 4.69) is 35.1 Å². The fourth-order valence-corrected chi connectivity index (χ4v) is 9.69. The Morgan fingerprint density at radius 2 is 1.61 bits per heavy atom. The number of carbonyl (C=O) groups excluding carboxylic acids is 5. The minimum Gasteiger partial charge on any atom is -0.350 e. The van der Waals surface area contributed by atoms with Gasteiger partial charge in [0.15, 0.2) is 0 Å². The number of amides is 5. The largest absolute Gasteiger partial charge is 0.350 e. The Kier molecular flexibility index (Phi) is 12.5. The van der Waals surface area contributed by atoms with Crippen molar-refractivity contribution in [3.05, 3.63) is 0 Å². The van der Waals surface area contributed by atoms with Crippen molar-refractivity contribution in [3.63, 3.8) is 0 Å². The van der Waals surface area contributed by atoms with Crippen LogP contribution < -0.4 is 21.3 Å². The van der Waals surface area contributed by atoms with E-state index in [4.69, 9.17) is 0 Å². The van der Waals surface area contributed by atoms with Gasteiger partial charge in [-0.1, -0.05) is 73.6 Å². The van der Waals surface area contributed by atoms with Crippen LogP contribution in [0, 0.1) is 28.6 Å². The van der Waals surface area contributed by atoms with E-state index < -0.39 is 63.2 Å². The number of ketones is 1. The first-order valence-corrected chi connectivity index (χ1v) is 20.0. The zero-order valence-corrected chi connectivity index (χ0v) is 31.4. The molecule has 14 heteroatoms. The molecule has 0 aromatic carbocycles. The van der Waals surface area contributed by atoms with Crippen LogP contribution >= 0.6 is 0 Å². The number of urea groups is 1. The molecule has 5 amide bonds. The van der Waals surface area contributed by atoms with Crippen LogP contribution in [0.1, 0.15) is 106 Å². The number of nitrogens with zero attached hydrogens (tertiary/aromatic N) is 2. The lowest BCUT2D eigenvalue weighted by molar-refractivity contribution is -0.144. The van der Waals surface area contributed by atoms with Gasteiger partial charge in [0.05, 0.1) is 11.8 Å². The van der Waals surface area contributed by atoms with Crippen molar-refractivity contribution in [3.8, 4) is 0 Å². The van der Waals surface area contributed by atoms with E-state index in [1.807, 2.05) is 27.7 Å². The van der Waals surface area contributed by atoms with Gasteiger partial charge in [-0.05, 0) is 61.2 Å². The first kappa shape index (κ1) is 39.1. The lowest BCUT2D eigenvalue weighted by Crippen LogP contribution is -2.61. The normalized spacial score (nSPS) is 26.6. The number of likely N-dealkylation sites (tertiary alicyclic amines) is 1. The van der Waals surface area contributed by atoms with Crippen molar-refractivity contribution < 1.29 is 32.4 Å². The maximum Gasteiger partial charge on any atom is 0.315 e. The minimum atomic E-state index is -3.38. The number of fused-ring (bicyclic) bond motifs is 1. The molecule has 13 nitrogen and oxygen atoms in total. The average molecular weight is 709 g/mol. The van der Waals surface area contributed by atoms with Gasteiger partial charge in [0.1, 0.15) is 12.1 Å². The third-order valence-corrected chi connectivity index (χ3v) is 13.3. The molecule has 4 N–H and O–H groups in total. The molecular weight excluding hydrogens is 648 g/mol. The Bertz CT molecular complexity index is 1360. The fourth-order valence-electron chi connectivity index (χ4n) is 8.16. The number of unbranched alkanes of at least 4 members (excludes halogenated alkanes) is 1. The zero-order chi connectivity index (χ0) is 36.3. The Morgan fingerprint density at radius 1 is 0.939 bits per heavy atom. The highest BCUT2D eigenvalue weighted by Gasteiger charge is 2.69. The molecule has 2 saturated heterocycles. The van der Waals surface area contributed by atoms with Gasteiger partial charge >= 0.3 is 6.03 Å². The Hall–Kier alpha value is -2.74. The molecule has 4 rings (SSSR count). The van der Waals surface area contributed by atoms with Crippen molar-refractivity contribution in [1.29, 1.82) is 0 Å². The number of sulfonamides is 1.